The van der Waals surface area contributed by atoms with E-state index in [1.54, 1.807) is 6.07 Å². The van der Waals surface area contributed by atoms with Crippen LogP contribution in [0.4, 0.5) is 11.4 Å². The number of halogens is 1. The largest absolute Gasteiger partial charge is 0.320 e. The van der Waals surface area contributed by atoms with Crippen molar-refractivity contribution in [1.82, 2.24) is 4.98 Å². The molecule has 1 amide bonds. The highest BCUT2D eigenvalue weighted by molar-refractivity contribution is 6.34. The van der Waals surface area contributed by atoms with Gasteiger partial charge in [0.2, 0.25) is 0 Å². The molecule has 0 spiro atoms. The molecule has 7 heteroatoms. The fourth-order valence-corrected chi connectivity index (χ4v) is 3.50. The van der Waals surface area contributed by atoms with Gasteiger partial charge in [0.1, 0.15) is 0 Å². The molecule has 0 saturated carbocycles. The Hall–Kier alpha value is -3.77. The van der Waals surface area contributed by atoms with Crippen molar-refractivity contribution < 1.29 is 9.72 Å². The second-order valence-electron chi connectivity index (χ2n) is 7.00. The molecule has 0 unspecified atom stereocenters. The number of anilines is 1. The van der Waals surface area contributed by atoms with Crippen molar-refractivity contribution in [2.75, 3.05) is 5.32 Å². The number of nitro groups is 1. The number of pyridine rings is 1. The summed E-state index contributed by atoms with van der Waals surface area (Å²) in [5.41, 5.74) is 3.87. The van der Waals surface area contributed by atoms with Crippen LogP contribution in [-0.4, -0.2) is 15.8 Å². The Morgan fingerprint density at radius 3 is 2.52 bits per heavy atom. The van der Waals surface area contributed by atoms with E-state index < -0.39 is 10.8 Å². The van der Waals surface area contributed by atoms with Gasteiger partial charge in [-0.15, -0.1) is 0 Å². The fourth-order valence-electron chi connectivity index (χ4n) is 3.33. The molecule has 0 radical (unpaired) electrons. The number of benzene rings is 3. The summed E-state index contributed by atoms with van der Waals surface area (Å²) in [4.78, 5) is 28.4. The second-order valence-corrected chi connectivity index (χ2v) is 7.41. The summed E-state index contributed by atoms with van der Waals surface area (Å²) in [6, 6.07) is 21.0. The molecule has 6 nitrogen and oxygen atoms in total. The summed E-state index contributed by atoms with van der Waals surface area (Å²) in [6.07, 6.45) is 0.934. The standard InChI is InChI=1S/C24H18ClN3O3/c1-2-15-7-9-16(10-8-15)22-14-19(18-5-3-4-6-21(18)26-22)24(29)27-23-13-17(28(30)31)11-12-20(23)25/h3-14H,2H2,1H3,(H,27,29). The molecular weight excluding hydrogens is 414 g/mol. The SMILES string of the molecule is CCc1ccc(-c2cc(C(=O)Nc3cc([N+](=O)[O-])ccc3Cl)c3ccccc3n2)cc1. The van der Waals surface area contributed by atoms with Crippen LogP contribution in [0.2, 0.25) is 5.02 Å². The quantitative estimate of drug-likeness (QED) is 0.297. The molecule has 154 valence electrons. The van der Waals surface area contributed by atoms with Crippen LogP contribution in [0.5, 0.6) is 0 Å². The smallest absolute Gasteiger partial charge is 0.271 e. The van der Waals surface area contributed by atoms with Crippen molar-refractivity contribution in [3.05, 3.63) is 99.1 Å². The number of non-ortho nitro benzene ring substituents is 1. The van der Waals surface area contributed by atoms with Crippen molar-refractivity contribution >= 4 is 39.8 Å². The Morgan fingerprint density at radius 1 is 1.06 bits per heavy atom. The number of hydrogen-bond acceptors (Lipinski definition) is 4. The minimum Gasteiger partial charge on any atom is -0.320 e. The normalized spacial score (nSPS) is 10.8. The van der Waals surface area contributed by atoms with E-state index in [0.717, 1.165) is 12.0 Å². The molecule has 1 aromatic heterocycles. The van der Waals surface area contributed by atoms with Crippen molar-refractivity contribution in [1.29, 1.82) is 0 Å². The number of carbonyl (C=O) groups excluding carboxylic acids is 1. The van der Waals surface area contributed by atoms with Crippen LogP contribution >= 0.6 is 11.6 Å². The molecule has 0 bridgehead atoms. The molecule has 1 heterocycles. The number of nitrogens with zero attached hydrogens (tertiary/aromatic N) is 2. The zero-order chi connectivity index (χ0) is 22.0. The first kappa shape index (κ1) is 20.5. The third-order valence-corrected chi connectivity index (χ3v) is 5.36. The van der Waals surface area contributed by atoms with Crippen molar-refractivity contribution in [3.8, 4) is 11.3 Å². The van der Waals surface area contributed by atoms with Crippen molar-refractivity contribution in [3.63, 3.8) is 0 Å². The summed E-state index contributed by atoms with van der Waals surface area (Å²) < 4.78 is 0. The molecule has 3 aromatic carbocycles. The third kappa shape index (κ3) is 4.25. The fraction of sp³-hybridized carbons (Fsp3) is 0.0833. The van der Waals surface area contributed by atoms with Crippen molar-refractivity contribution in [2.24, 2.45) is 0 Å². The number of aromatic nitrogens is 1. The lowest BCUT2D eigenvalue weighted by Gasteiger charge is -2.12. The van der Waals surface area contributed by atoms with Crippen LogP contribution in [-0.2, 0) is 6.42 Å². The molecule has 0 aliphatic heterocycles. The van der Waals surface area contributed by atoms with Crippen molar-refractivity contribution in [2.45, 2.75) is 13.3 Å². The average molecular weight is 432 g/mol. The maximum atomic E-state index is 13.2. The van der Waals surface area contributed by atoms with Crippen LogP contribution < -0.4 is 5.32 Å². The first-order chi connectivity index (χ1) is 15.0. The molecule has 0 aliphatic rings. The first-order valence-corrected chi connectivity index (χ1v) is 10.1. The number of hydrogen-bond donors (Lipinski definition) is 1. The monoisotopic (exact) mass is 431 g/mol. The van der Waals surface area contributed by atoms with Gasteiger partial charge >= 0.3 is 0 Å². The highest BCUT2D eigenvalue weighted by Crippen LogP contribution is 2.29. The predicted octanol–water partition coefficient (Wildman–Crippen LogP) is 6.28. The van der Waals surface area contributed by atoms with Crippen LogP contribution in [0.3, 0.4) is 0 Å². The molecule has 31 heavy (non-hydrogen) atoms. The van der Waals surface area contributed by atoms with E-state index >= 15 is 0 Å². The van der Waals surface area contributed by atoms with Gasteiger partial charge in [0.25, 0.3) is 11.6 Å². The zero-order valence-electron chi connectivity index (χ0n) is 16.6. The van der Waals surface area contributed by atoms with Gasteiger partial charge in [0.05, 0.1) is 32.4 Å². The Balaban J connectivity index is 1.78. The van der Waals surface area contributed by atoms with Crippen LogP contribution in [0, 0.1) is 10.1 Å². The molecular formula is C24H18ClN3O3. The number of para-hydroxylation sites is 1. The molecule has 0 fully saturated rings. The van der Waals surface area contributed by atoms with Gasteiger partial charge in [-0.25, -0.2) is 4.98 Å². The minimum atomic E-state index is -0.536. The van der Waals surface area contributed by atoms with Gasteiger partial charge in [-0.3, -0.25) is 14.9 Å². The summed E-state index contributed by atoms with van der Waals surface area (Å²) >= 11 is 6.16. The number of amides is 1. The Labute approximate surface area is 183 Å². The molecule has 4 rings (SSSR count). The van der Waals surface area contributed by atoms with E-state index in [9.17, 15) is 14.9 Å². The van der Waals surface area contributed by atoms with E-state index in [4.69, 9.17) is 16.6 Å². The van der Waals surface area contributed by atoms with Crippen LogP contribution in [0.1, 0.15) is 22.8 Å². The molecule has 0 saturated heterocycles. The lowest BCUT2D eigenvalue weighted by molar-refractivity contribution is -0.384. The summed E-state index contributed by atoms with van der Waals surface area (Å²) in [7, 11) is 0. The molecule has 0 atom stereocenters. The molecule has 0 aliphatic carbocycles. The van der Waals surface area contributed by atoms with E-state index in [1.165, 1.54) is 23.8 Å². The number of nitro benzene ring substituents is 1. The summed E-state index contributed by atoms with van der Waals surface area (Å²) in [6.45, 7) is 2.09. The van der Waals surface area contributed by atoms with E-state index in [2.05, 4.69) is 12.2 Å². The van der Waals surface area contributed by atoms with Gasteiger partial charge in [-0.1, -0.05) is 61.0 Å². The minimum absolute atomic E-state index is 0.156. The predicted molar refractivity (Wildman–Crippen MR) is 123 cm³/mol. The second kappa shape index (κ2) is 8.53. The first-order valence-electron chi connectivity index (χ1n) is 9.70. The van der Waals surface area contributed by atoms with Gasteiger partial charge in [-0.2, -0.15) is 0 Å². The average Bonchev–Trinajstić information content (AvgIpc) is 2.79. The van der Waals surface area contributed by atoms with Gasteiger partial charge in [-0.05, 0) is 30.2 Å². The Kier molecular flexibility index (Phi) is 5.64. The van der Waals surface area contributed by atoms with Crippen LogP contribution in [0.15, 0.2) is 72.8 Å². The third-order valence-electron chi connectivity index (χ3n) is 5.03. The number of nitrogens with one attached hydrogen (secondary N) is 1. The van der Waals surface area contributed by atoms with Crippen LogP contribution in [0.25, 0.3) is 22.2 Å². The summed E-state index contributed by atoms with van der Waals surface area (Å²) in [5, 5.41) is 14.7. The number of rotatable bonds is 5. The van der Waals surface area contributed by atoms with E-state index in [-0.39, 0.29) is 16.4 Å². The number of carbonyl (C=O) groups is 1. The Morgan fingerprint density at radius 2 is 1.81 bits per heavy atom. The lowest BCUT2D eigenvalue weighted by Crippen LogP contribution is -2.13. The van der Waals surface area contributed by atoms with E-state index in [0.29, 0.717) is 22.2 Å². The molecule has 1 N–H and O–H groups in total. The number of aryl methyl sites for hydroxylation is 1. The topological polar surface area (TPSA) is 85.1 Å². The van der Waals surface area contributed by atoms with E-state index in [1.807, 2.05) is 48.5 Å². The zero-order valence-corrected chi connectivity index (χ0v) is 17.4. The highest BCUT2D eigenvalue weighted by Gasteiger charge is 2.17. The molecule has 4 aromatic rings. The maximum absolute atomic E-state index is 13.2. The maximum Gasteiger partial charge on any atom is 0.271 e. The highest BCUT2D eigenvalue weighted by atomic mass is 35.5. The van der Waals surface area contributed by atoms with Gasteiger partial charge in [0.15, 0.2) is 0 Å². The Bertz CT molecular complexity index is 1300. The van der Waals surface area contributed by atoms with Gasteiger partial charge in [0, 0.05) is 23.1 Å². The lowest BCUT2D eigenvalue weighted by atomic mass is 10.0. The number of fused-ring (bicyclic) bond motifs is 1. The summed E-state index contributed by atoms with van der Waals surface area (Å²) in [5.74, 6) is -0.424. The van der Waals surface area contributed by atoms with Gasteiger partial charge < -0.3 is 5.32 Å².